The van der Waals surface area contributed by atoms with E-state index in [9.17, 15) is 9.59 Å². The van der Waals surface area contributed by atoms with Crippen molar-refractivity contribution in [2.75, 3.05) is 14.2 Å². The van der Waals surface area contributed by atoms with Crippen molar-refractivity contribution in [2.45, 2.75) is 13.1 Å². The van der Waals surface area contributed by atoms with E-state index in [0.29, 0.717) is 24.2 Å². The molecule has 154 valence electrons. The van der Waals surface area contributed by atoms with Gasteiger partial charge in [-0.25, -0.2) is 0 Å². The predicted molar refractivity (Wildman–Crippen MR) is 115 cm³/mol. The van der Waals surface area contributed by atoms with Crippen LogP contribution in [0.25, 0.3) is 0 Å². The average molecular weight is 404 g/mol. The zero-order valence-electron chi connectivity index (χ0n) is 17.0. The van der Waals surface area contributed by atoms with Gasteiger partial charge in [-0.1, -0.05) is 30.3 Å². The minimum atomic E-state index is -0.250. The van der Waals surface area contributed by atoms with Crippen molar-refractivity contribution in [3.63, 3.8) is 0 Å². The Bertz CT molecular complexity index is 954. The monoisotopic (exact) mass is 404 g/mol. The Morgan fingerprint density at radius 3 is 1.53 bits per heavy atom. The Hall–Kier alpha value is -3.80. The number of carbonyl (C=O) groups excluding carboxylic acids is 2. The summed E-state index contributed by atoms with van der Waals surface area (Å²) in [7, 11) is 3.20. The second-order valence-corrected chi connectivity index (χ2v) is 6.65. The fourth-order valence-corrected chi connectivity index (χ4v) is 2.94. The lowest BCUT2D eigenvalue weighted by Gasteiger charge is -2.09. The first-order valence-corrected chi connectivity index (χ1v) is 9.51. The molecule has 3 rings (SSSR count). The number of nitrogens with one attached hydrogen (secondary N) is 2. The smallest absolute Gasteiger partial charge is 0.251 e. The molecule has 6 nitrogen and oxygen atoms in total. The molecule has 0 aromatic heterocycles. The molecular weight excluding hydrogens is 380 g/mol. The first-order valence-electron chi connectivity index (χ1n) is 9.51. The van der Waals surface area contributed by atoms with Crippen LogP contribution in [0.3, 0.4) is 0 Å². The van der Waals surface area contributed by atoms with Gasteiger partial charge < -0.3 is 20.1 Å². The molecule has 0 aliphatic rings. The van der Waals surface area contributed by atoms with Gasteiger partial charge in [-0.3, -0.25) is 9.59 Å². The highest BCUT2D eigenvalue weighted by molar-refractivity contribution is 5.99. The minimum absolute atomic E-state index is 0.250. The van der Waals surface area contributed by atoms with Crippen molar-refractivity contribution in [3.8, 4) is 11.5 Å². The summed E-state index contributed by atoms with van der Waals surface area (Å²) in [4.78, 5) is 25.0. The SMILES string of the molecule is COc1cccc(CNC(=O)c2cccc(C(=O)NCc3cccc(OC)c3)c2)c1. The van der Waals surface area contributed by atoms with E-state index in [1.54, 1.807) is 38.5 Å². The van der Waals surface area contributed by atoms with Crippen LogP contribution in [0.2, 0.25) is 0 Å². The van der Waals surface area contributed by atoms with Crippen LogP contribution in [0.1, 0.15) is 31.8 Å². The Kier molecular flexibility index (Phi) is 7.05. The average Bonchev–Trinajstić information content (AvgIpc) is 2.81. The third-order valence-corrected chi connectivity index (χ3v) is 4.56. The molecule has 0 spiro atoms. The summed E-state index contributed by atoms with van der Waals surface area (Å²) in [5.74, 6) is 0.966. The van der Waals surface area contributed by atoms with Crippen LogP contribution in [-0.2, 0) is 13.1 Å². The summed E-state index contributed by atoms with van der Waals surface area (Å²) in [5.41, 5.74) is 2.70. The fourth-order valence-electron chi connectivity index (χ4n) is 2.94. The molecule has 0 heterocycles. The quantitative estimate of drug-likeness (QED) is 0.602. The third kappa shape index (κ3) is 5.61. The van der Waals surface area contributed by atoms with Crippen LogP contribution in [0.4, 0.5) is 0 Å². The second kappa shape index (κ2) is 10.1. The number of carbonyl (C=O) groups is 2. The normalized spacial score (nSPS) is 10.2. The highest BCUT2D eigenvalue weighted by atomic mass is 16.5. The Labute approximate surface area is 175 Å². The molecule has 0 radical (unpaired) electrons. The molecular formula is C24H24N2O4. The summed E-state index contributed by atoms with van der Waals surface area (Å²) in [6.07, 6.45) is 0. The maximum Gasteiger partial charge on any atom is 0.251 e. The van der Waals surface area contributed by atoms with Crippen LogP contribution in [0.5, 0.6) is 11.5 Å². The van der Waals surface area contributed by atoms with E-state index < -0.39 is 0 Å². The zero-order valence-corrected chi connectivity index (χ0v) is 17.0. The molecule has 0 saturated heterocycles. The molecule has 2 amide bonds. The summed E-state index contributed by atoms with van der Waals surface area (Å²) < 4.78 is 10.4. The molecule has 0 unspecified atom stereocenters. The molecule has 2 N–H and O–H groups in total. The lowest BCUT2D eigenvalue weighted by atomic mass is 10.1. The van der Waals surface area contributed by atoms with Gasteiger partial charge in [-0.05, 0) is 53.6 Å². The van der Waals surface area contributed by atoms with Gasteiger partial charge >= 0.3 is 0 Å². The van der Waals surface area contributed by atoms with Crippen LogP contribution in [-0.4, -0.2) is 26.0 Å². The molecule has 0 atom stereocenters. The van der Waals surface area contributed by atoms with Crippen molar-refractivity contribution in [3.05, 3.63) is 95.1 Å². The van der Waals surface area contributed by atoms with Gasteiger partial charge in [0, 0.05) is 24.2 Å². The molecule has 0 aliphatic carbocycles. The number of benzene rings is 3. The highest BCUT2D eigenvalue weighted by Crippen LogP contribution is 2.14. The van der Waals surface area contributed by atoms with Gasteiger partial charge in [0.2, 0.25) is 0 Å². The number of ether oxygens (including phenoxy) is 2. The van der Waals surface area contributed by atoms with Crippen molar-refractivity contribution in [1.82, 2.24) is 10.6 Å². The van der Waals surface area contributed by atoms with Crippen LogP contribution in [0, 0.1) is 0 Å². The van der Waals surface area contributed by atoms with E-state index in [1.807, 2.05) is 48.5 Å². The number of hydrogen-bond acceptors (Lipinski definition) is 4. The molecule has 0 saturated carbocycles. The van der Waals surface area contributed by atoms with Crippen molar-refractivity contribution < 1.29 is 19.1 Å². The van der Waals surface area contributed by atoms with Gasteiger partial charge in [-0.2, -0.15) is 0 Å². The van der Waals surface area contributed by atoms with Crippen molar-refractivity contribution in [2.24, 2.45) is 0 Å². The topological polar surface area (TPSA) is 76.7 Å². The lowest BCUT2D eigenvalue weighted by Crippen LogP contribution is -2.25. The first kappa shape index (κ1) is 20.9. The highest BCUT2D eigenvalue weighted by Gasteiger charge is 2.11. The number of rotatable bonds is 8. The molecule has 0 bridgehead atoms. The fraction of sp³-hybridized carbons (Fsp3) is 0.167. The van der Waals surface area contributed by atoms with E-state index in [4.69, 9.17) is 9.47 Å². The molecule has 3 aromatic rings. The summed E-state index contributed by atoms with van der Waals surface area (Å²) in [6, 6.07) is 21.6. The third-order valence-electron chi connectivity index (χ3n) is 4.56. The van der Waals surface area contributed by atoms with Gasteiger partial charge in [-0.15, -0.1) is 0 Å². The molecule has 0 aliphatic heterocycles. The summed E-state index contributed by atoms with van der Waals surface area (Å²) >= 11 is 0. The van der Waals surface area contributed by atoms with E-state index in [1.165, 1.54) is 0 Å². The van der Waals surface area contributed by atoms with E-state index in [2.05, 4.69) is 10.6 Å². The standard InChI is InChI=1S/C24H24N2O4/c1-29-21-10-3-6-17(12-21)15-25-23(27)19-8-5-9-20(14-19)24(28)26-16-18-7-4-11-22(13-18)30-2/h3-14H,15-16H2,1-2H3,(H,25,27)(H,26,28). The van der Waals surface area contributed by atoms with Gasteiger partial charge in [0.15, 0.2) is 0 Å². The van der Waals surface area contributed by atoms with Crippen LogP contribution in [0.15, 0.2) is 72.8 Å². The van der Waals surface area contributed by atoms with Gasteiger partial charge in [0.1, 0.15) is 11.5 Å². The predicted octanol–water partition coefficient (Wildman–Crippen LogP) is 3.56. The van der Waals surface area contributed by atoms with Crippen LogP contribution < -0.4 is 20.1 Å². The largest absolute Gasteiger partial charge is 0.497 e. The zero-order chi connectivity index (χ0) is 21.3. The van der Waals surface area contributed by atoms with Crippen molar-refractivity contribution in [1.29, 1.82) is 0 Å². The lowest BCUT2D eigenvalue weighted by molar-refractivity contribution is 0.0950. The molecule has 3 aromatic carbocycles. The summed E-state index contributed by atoms with van der Waals surface area (Å²) in [5, 5.41) is 5.73. The number of methoxy groups -OCH3 is 2. The van der Waals surface area contributed by atoms with Crippen LogP contribution >= 0.6 is 0 Å². The maximum absolute atomic E-state index is 12.5. The van der Waals surface area contributed by atoms with E-state index >= 15 is 0 Å². The van der Waals surface area contributed by atoms with E-state index in [0.717, 1.165) is 22.6 Å². The van der Waals surface area contributed by atoms with E-state index in [-0.39, 0.29) is 11.8 Å². The Morgan fingerprint density at radius 1 is 0.667 bits per heavy atom. The summed E-state index contributed by atoms with van der Waals surface area (Å²) in [6.45, 7) is 0.727. The maximum atomic E-state index is 12.5. The number of hydrogen-bond donors (Lipinski definition) is 2. The second-order valence-electron chi connectivity index (χ2n) is 6.65. The minimum Gasteiger partial charge on any atom is -0.497 e. The molecule has 6 heteroatoms. The Balaban J connectivity index is 1.59. The first-order chi connectivity index (χ1) is 14.6. The Morgan fingerprint density at radius 2 is 1.10 bits per heavy atom. The van der Waals surface area contributed by atoms with Gasteiger partial charge in [0.25, 0.3) is 11.8 Å². The number of amides is 2. The van der Waals surface area contributed by atoms with Crippen molar-refractivity contribution >= 4 is 11.8 Å². The van der Waals surface area contributed by atoms with Gasteiger partial charge in [0.05, 0.1) is 14.2 Å². The molecule has 0 fully saturated rings. The molecule has 30 heavy (non-hydrogen) atoms.